The fraction of sp³-hybridized carbons (Fsp3) is 0.529. The molecular weight excluding hydrogens is 346 g/mol. The van der Waals surface area contributed by atoms with Gasteiger partial charge in [0.25, 0.3) is 5.91 Å². The van der Waals surface area contributed by atoms with Crippen LogP contribution in [0.15, 0.2) is 12.1 Å². The maximum absolute atomic E-state index is 12.5. The fourth-order valence-corrected chi connectivity index (χ4v) is 4.03. The van der Waals surface area contributed by atoms with Gasteiger partial charge in [-0.1, -0.05) is 0 Å². The molecule has 9 nitrogen and oxygen atoms in total. The predicted molar refractivity (Wildman–Crippen MR) is 84.7 cm³/mol. The highest BCUT2D eigenvalue weighted by molar-refractivity contribution is 5.98. The number of hydrogen-bond donors (Lipinski definition) is 4. The molecule has 140 valence electrons. The van der Waals surface area contributed by atoms with Gasteiger partial charge >= 0.3 is 5.97 Å². The van der Waals surface area contributed by atoms with E-state index in [9.17, 15) is 24.9 Å². The van der Waals surface area contributed by atoms with Crippen LogP contribution in [0.25, 0.3) is 0 Å². The van der Waals surface area contributed by atoms with E-state index in [1.54, 1.807) is 12.1 Å². The molecule has 1 fully saturated rings. The van der Waals surface area contributed by atoms with Crippen molar-refractivity contribution >= 4 is 11.9 Å². The number of aliphatic hydroxyl groups excluding tert-OH is 3. The Balaban J connectivity index is 1.80. The number of carbonyl (C=O) groups excluding carboxylic acids is 2. The first-order valence-corrected chi connectivity index (χ1v) is 8.30. The van der Waals surface area contributed by atoms with Crippen LogP contribution in [0, 0.1) is 5.92 Å². The fourth-order valence-electron chi connectivity index (χ4n) is 4.03. The zero-order valence-corrected chi connectivity index (χ0v) is 13.9. The third kappa shape index (κ3) is 2.51. The van der Waals surface area contributed by atoms with Gasteiger partial charge in [0.15, 0.2) is 11.5 Å². The third-order valence-electron chi connectivity index (χ3n) is 5.28. The summed E-state index contributed by atoms with van der Waals surface area (Å²) in [6, 6.07) is 2.36. The molecule has 3 aliphatic rings. The maximum Gasteiger partial charge on any atom is 0.302 e. The minimum Gasteiger partial charge on any atom is -0.465 e. The average Bonchev–Trinajstić information content (AvgIpc) is 3.06. The molecule has 2 aliphatic heterocycles. The standard InChI is InChI=1S/C17H19NO8/c1-6(19)24-4-9-12-7-2-10-11(26-5-25-10)3-8(7)17(23)18-13(12)15(21)16(22)14(9)20/h2-3,9,12-16,20-22H,4-5H2,1H3,(H,18,23)/t9-,12+,13-,14+,15+,16-/m1/s1. The predicted octanol–water partition coefficient (Wildman–Crippen LogP) is -1.11. The molecule has 9 heteroatoms. The number of rotatable bonds is 2. The molecule has 0 aromatic heterocycles. The topological polar surface area (TPSA) is 135 Å². The van der Waals surface area contributed by atoms with Crippen molar-refractivity contribution < 1.29 is 39.1 Å². The van der Waals surface area contributed by atoms with Gasteiger partial charge in [0.05, 0.1) is 18.8 Å². The Morgan fingerprint density at radius 1 is 1.19 bits per heavy atom. The van der Waals surface area contributed by atoms with Crippen molar-refractivity contribution in [2.75, 3.05) is 13.4 Å². The Hall–Kier alpha value is -2.36. The molecule has 1 aromatic rings. The van der Waals surface area contributed by atoms with E-state index in [0.29, 0.717) is 22.6 Å². The largest absolute Gasteiger partial charge is 0.465 e. The van der Waals surface area contributed by atoms with Crippen molar-refractivity contribution in [1.82, 2.24) is 5.32 Å². The maximum atomic E-state index is 12.5. The van der Waals surface area contributed by atoms with Crippen LogP contribution in [0.3, 0.4) is 0 Å². The van der Waals surface area contributed by atoms with Crippen LogP contribution in [0.1, 0.15) is 28.8 Å². The van der Waals surface area contributed by atoms with E-state index in [2.05, 4.69) is 5.32 Å². The lowest BCUT2D eigenvalue weighted by atomic mass is 9.66. The minimum absolute atomic E-state index is 0.0365. The molecule has 0 radical (unpaired) electrons. The van der Waals surface area contributed by atoms with Gasteiger partial charge in [0.2, 0.25) is 6.79 Å². The molecular formula is C17H19NO8. The van der Waals surface area contributed by atoms with Crippen LogP contribution in [0.4, 0.5) is 0 Å². The minimum atomic E-state index is -1.48. The van der Waals surface area contributed by atoms with Crippen LogP contribution >= 0.6 is 0 Å². The molecule has 1 saturated carbocycles. The molecule has 6 atom stereocenters. The first-order chi connectivity index (χ1) is 12.4. The van der Waals surface area contributed by atoms with E-state index in [-0.39, 0.29) is 13.4 Å². The molecule has 4 rings (SSSR count). The lowest BCUT2D eigenvalue weighted by molar-refractivity contribution is -0.158. The van der Waals surface area contributed by atoms with E-state index >= 15 is 0 Å². The van der Waals surface area contributed by atoms with Crippen LogP contribution < -0.4 is 14.8 Å². The highest BCUT2D eigenvalue weighted by Gasteiger charge is 2.53. The van der Waals surface area contributed by atoms with Gasteiger partial charge in [-0.25, -0.2) is 0 Å². The van der Waals surface area contributed by atoms with Crippen molar-refractivity contribution in [2.24, 2.45) is 5.92 Å². The molecule has 4 N–H and O–H groups in total. The molecule has 1 aromatic carbocycles. The number of benzene rings is 1. The number of aliphatic hydroxyl groups is 3. The Morgan fingerprint density at radius 2 is 1.88 bits per heavy atom. The molecule has 1 aliphatic carbocycles. The average molecular weight is 365 g/mol. The van der Waals surface area contributed by atoms with Crippen molar-refractivity contribution in [3.05, 3.63) is 23.3 Å². The van der Waals surface area contributed by atoms with Gasteiger partial charge in [0, 0.05) is 24.3 Å². The second kappa shape index (κ2) is 6.11. The number of amides is 1. The first-order valence-electron chi connectivity index (χ1n) is 8.30. The summed E-state index contributed by atoms with van der Waals surface area (Å²) >= 11 is 0. The van der Waals surface area contributed by atoms with Crippen LogP contribution in [0.2, 0.25) is 0 Å². The summed E-state index contributed by atoms with van der Waals surface area (Å²) in [5, 5.41) is 33.7. The van der Waals surface area contributed by atoms with Crippen molar-refractivity contribution in [3.63, 3.8) is 0 Å². The Morgan fingerprint density at radius 3 is 2.58 bits per heavy atom. The first kappa shape index (κ1) is 17.1. The summed E-state index contributed by atoms with van der Waals surface area (Å²) in [5.74, 6) is -1.36. The summed E-state index contributed by atoms with van der Waals surface area (Å²) in [5.41, 5.74) is 0.879. The number of fused-ring (bicyclic) bond motifs is 4. The lowest BCUT2D eigenvalue weighted by Crippen LogP contribution is -2.65. The molecule has 0 saturated heterocycles. The normalized spacial score (nSPS) is 34.5. The lowest BCUT2D eigenvalue weighted by Gasteiger charge is -2.48. The molecule has 2 heterocycles. The van der Waals surface area contributed by atoms with E-state index in [1.807, 2.05) is 0 Å². The second-order valence-corrected chi connectivity index (χ2v) is 6.76. The smallest absolute Gasteiger partial charge is 0.302 e. The Bertz CT molecular complexity index is 765. The van der Waals surface area contributed by atoms with E-state index in [1.165, 1.54) is 6.92 Å². The van der Waals surface area contributed by atoms with E-state index < -0.39 is 48.1 Å². The number of nitrogens with one attached hydrogen (secondary N) is 1. The number of carbonyl (C=O) groups is 2. The van der Waals surface area contributed by atoms with E-state index in [4.69, 9.17) is 14.2 Å². The van der Waals surface area contributed by atoms with Gasteiger partial charge in [-0.15, -0.1) is 0 Å². The summed E-state index contributed by atoms with van der Waals surface area (Å²) in [4.78, 5) is 23.7. The molecule has 26 heavy (non-hydrogen) atoms. The van der Waals surface area contributed by atoms with Gasteiger partial charge in [-0.2, -0.15) is 0 Å². The summed E-state index contributed by atoms with van der Waals surface area (Å²) in [6.07, 6.45) is -4.18. The van der Waals surface area contributed by atoms with Gasteiger partial charge in [0.1, 0.15) is 12.2 Å². The third-order valence-corrected chi connectivity index (χ3v) is 5.28. The number of ether oxygens (including phenoxy) is 3. The molecule has 0 spiro atoms. The van der Waals surface area contributed by atoms with Crippen LogP contribution in [-0.2, 0) is 9.53 Å². The van der Waals surface area contributed by atoms with Crippen molar-refractivity contribution in [2.45, 2.75) is 37.2 Å². The van der Waals surface area contributed by atoms with Crippen LogP contribution in [0.5, 0.6) is 11.5 Å². The SMILES string of the molecule is CC(=O)OC[C@H]1[C@H](O)[C@@H](O)[C@@H](O)[C@@H]2NC(=O)c3cc4c(cc3[C@@H]12)OCO4. The zero-order chi connectivity index (χ0) is 18.6. The monoisotopic (exact) mass is 365 g/mol. The highest BCUT2D eigenvalue weighted by atomic mass is 16.7. The highest BCUT2D eigenvalue weighted by Crippen LogP contribution is 2.46. The Labute approximate surface area is 148 Å². The Kier molecular flexibility index (Phi) is 4.02. The summed E-state index contributed by atoms with van der Waals surface area (Å²) < 4.78 is 15.7. The van der Waals surface area contributed by atoms with E-state index in [0.717, 1.165) is 0 Å². The van der Waals surface area contributed by atoms with Gasteiger partial charge in [-0.3, -0.25) is 9.59 Å². The van der Waals surface area contributed by atoms with Crippen LogP contribution in [-0.4, -0.2) is 64.9 Å². The molecule has 0 bridgehead atoms. The second-order valence-electron chi connectivity index (χ2n) is 6.76. The number of hydrogen-bond acceptors (Lipinski definition) is 8. The molecule has 0 unspecified atom stereocenters. The molecule has 1 amide bonds. The summed E-state index contributed by atoms with van der Waals surface area (Å²) in [7, 11) is 0. The number of esters is 1. The summed E-state index contributed by atoms with van der Waals surface area (Å²) in [6.45, 7) is 1.12. The van der Waals surface area contributed by atoms with Gasteiger partial charge in [-0.05, 0) is 17.7 Å². The quantitative estimate of drug-likeness (QED) is 0.485. The van der Waals surface area contributed by atoms with Gasteiger partial charge < -0.3 is 34.8 Å². The van der Waals surface area contributed by atoms with Crippen molar-refractivity contribution in [1.29, 1.82) is 0 Å². The zero-order valence-electron chi connectivity index (χ0n) is 13.9. The van der Waals surface area contributed by atoms with Crippen molar-refractivity contribution in [3.8, 4) is 11.5 Å².